The predicted molar refractivity (Wildman–Crippen MR) is 153 cm³/mol. The van der Waals surface area contributed by atoms with E-state index >= 15 is 0 Å². The van der Waals surface area contributed by atoms with E-state index in [4.69, 9.17) is 9.47 Å². The van der Waals surface area contributed by atoms with Crippen molar-refractivity contribution in [3.63, 3.8) is 0 Å². The van der Waals surface area contributed by atoms with Gasteiger partial charge in [0.15, 0.2) is 36.3 Å². The van der Waals surface area contributed by atoms with Crippen LogP contribution < -0.4 is 18.6 Å². The van der Waals surface area contributed by atoms with Gasteiger partial charge in [-0.25, -0.2) is 0 Å². The molecule has 0 saturated carbocycles. The molecule has 0 atom stereocenters. The summed E-state index contributed by atoms with van der Waals surface area (Å²) in [5.41, 5.74) is 5.44. The normalized spacial score (nSPS) is 10.7. The Kier molecular flexibility index (Phi) is 6.83. The largest absolute Gasteiger partial charge is 0.450 e. The summed E-state index contributed by atoms with van der Waals surface area (Å²) >= 11 is 0. The van der Waals surface area contributed by atoms with Gasteiger partial charge in [-0.15, -0.1) is 0 Å². The van der Waals surface area contributed by atoms with Crippen molar-refractivity contribution in [3.05, 3.63) is 158 Å². The molecule has 4 nitrogen and oxygen atoms in total. The molecular formula is C35H28N2O2+2. The summed E-state index contributed by atoms with van der Waals surface area (Å²) in [6.07, 6.45) is 8.38. The summed E-state index contributed by atoms with van der Waals surface area (Å²) in [5, 5.41) is 0. The monoisotopic (exact) mass is 508 g/mol. The number of hydrogen-bond donors (Lipinski definition) is 0. The number of hydrogen-bond acceptors (Lipinski definition) is 2. The van der Waals surface area contributed by atoms with Crippen LogP contribution in [0.1, 0.15) is 5.56 Å². The molecule has 2 heterocycles. The Balaban J connectivity index is 1.26. The zero-order valence-corrected chi connectivity index (χ0v) is 21.6. The van der Waals surface area contributed by atoms with E-state index in [9.17, 15) is 0 Å². The lowest BCUT2D eigenvalue weighted by atomic mass is 10.0. The van der Waals surface area contributed by atoms with Crippen molar-refractivity contribution in [1.82, 2.24) is 0 Å². The Bertz CT molecular complexity index is 1700. The summed E-state index contributed by atoms with van der Waals surface area (Å²) in [5.74, 6) is 3.23. The van der Waals surface area contributed by atoms with Crippen LogP contribution in [0, 0.1) is 6.92 Å². The summed E-state index contributed by atoms with van der Waals surface area (Å²) in [7, 11) is 0. The van der Waals surface area contributed by atoms with Gasteiger partial charge in [-0.2, -0.15) is 9.13 Å². The number of ether oxygens (including phenoxy) is 2. The van der Waals surface area contributed by atoms with E-state index in [1.807, 2.05) is 97.1 Å². The molecule has 4 heteroatoms. The van der Waals surface area contributed by atoms with Crippen molar-refractivity contribution in [1.29, 1.82) is 0 Å². The molecule has 4 aromatic carbocycles. The molecule has 0 saturated heterocycles. The molecule has 0 unspecified atom stereocenters. The van der Waals surface area contributed by atoms with Gasteiger partial charge in [-0.3, -0.25) is 0 Å². The highest BCUT2D eigenvalue weighted by atomic mass is 16.5. The zero-order valence-electron chi connectivity index (χ0n) is 21.6. The van der Waals surface area contributed by atoms with E-state index in [2.05, 4.69) is 71.2 Å². The highest BCUT2D eigenvalue weighted by Crippen LogP contribution is 2.28. The number of pyridine rings is 2. The molecular weight excluding hydrogens is 480 g/mol. The Morgan fingerprint density at radius 3 is 1.46 bits per heavy atom. The summed E-state index contributed by atoms with van der Waals surface area (Å²) < 4.78 is 16.5. The highest BCUT2D eigenvalue weighted by molar-refractivity contribution is 5.65. The molecule has 0 aliphatic rings. The summed E-state index contributed by atoms with van der Waals surface area (Å²) in [6.45, 7) is 2.14. The van der Waals surface area contributed by atoms with Gasteiger partial charge in [0.25, 0.3) is 11.4 Å². The van der Waals surface area contributed by atoms with Crippen molar-refractivity contribution in [2.24, 2.45) is 0 Å². The molecule has 0 aliphatic carbocycles. The second-order valence-corrected chi connectivity index (χ2v) is 9.21. The minimum Gasteiger partial charge on any atom is -0.450 e. The SMILES string of the molecule is Cc1c[n+](-c2ccccc2Oc2ccccc2)ccc1-c1cc[n+](-c2ccccc2Oc2ccccc2)cc1. The Morgan fingerprint density at radius 1 is 0.462 bits per heavy atom. The fourth-order valence-electron chi connectivity index (χ4n) is 4.59. The first-order valence-corrected chi connectivity index (χ1v) is 12.9. The second kappa shape index (κ2) is 11.0. The lowest BCUT2D eigenvalue weighted by Gasteiger charge is -2.09. The lowest BCUT2D eigenvalue weighted by molar-refractivity contribution is -0.596. The predicted octanol–water partition coefficient (Wildman–Crippen LogP) is 7.80. The molecule has 0 spiro atoms. The minimum absolute atomic E-state index is 0.801. The maximum atomic E-state index is 6.19. The van der Waals surface area contributed by atoms with Crippen molar-refractivity contribution in [3.8, 4) is 45.5 Å². The first-order chi connectivity index (χ1) is 19.2. The van der Waals surface area contributed by atoms with E-state index in [0.717, 1.165) is 45.5 Å². The highest BCUT2D eigenvalue weighted by Gasteiger charge is 2.18. The van der Waals surface area contributed by atoms with Gasteiger partial charge in [-0.1, -0.05) is 60.7 Å². The van der Waals surface area contributed by atoms with Crippen molar-refractivity contribution in [2.45, 2.75) is 6.92 Å². The van der Waals surface area contributed by atoms with E-state index in [0.29, 0.717) is 0 Å². The molecule has 0 amide bonds. The van der Waals surface area contributed by atoms with Gasteiger partial charge in [0.05, 0.1) is 0 Å². The van der Waals surface area contributed by atoms with E-state index in [1.54, 1.807) is 0 Å². The molecule has 0 radical (unpaired) electrons. The van der Waals surface area contributed by atoms with Crippen LogP contribution in [0.2, 0.25) is 0 Å². The van der Waals surface area contributed by atoms with Gasteiger partial charge >= 0.3 is 0 Å². The van der Waals surface area contributed by atoms with Crippen molar-refractivity contribution in [2.75, 3.05) is 0 Å². The molecule has 0 aliphatic heterocycles. The Morgan fingerprint density at radius 2 is 0.923 bits per heavy atom. The first-order valence-electron chi connectivity index (χ1n) is 12.9. The lowest BCUT2D eigenvalue weighted by Crippen LogP contribution is -2.31. The molecule has 2 aromatic heterocycles. The third-order valence-corrected chi connectivity index (χ3v) is 6.53. The van der Waals surface area contributed by atoms with Crippen LogP contribution in [0.5, 0.6) is 23.0 Å². The zero-order chi connectivity index (χ0) is 26.4. The molecule has 6 aromatic rings. The fraction of sp³-hybridized carbons (Fsp3) is 0.0286. The van der Waals surface area contributed by atoms with Crippen molar-refractivity contribution >= 4 is 0 Å². The van der Waals surface area contributed by atoms with Gasteiger partial charge in [0, 0.05) is 35.9 Å². The molecule has 0 N–H and O–H groups in total. The van der Waals surface area contributed by atoms with E-state index < -0.39 is 0 Å². The topological polar surface area (TPSA) is 26.2 Å². The maximum Gasteiger partial charge on any atom is 0.253 e. The van der Waals surface area contributed by atoms with Crippen LogP contribution in [0.3, 0.4) is 0 Å². The van der Waals surface area contributed by atoms with Crippen LogP contribution >= 0.6 is 0 Å². The number of para-hydroxylation sites is 6. The molecule has 188 valence electrons. The molecule has 0 bridgehead atoms. The first kappa shape index (κ1) is 24.1. The third-order valence-electron chi connectivity index (χ3n) is 6.53. The fourth-order valence-corrected chi connectivity index (χ4v) is 4.59. The van der Waals surface area contributed by atoms with Crippen molar-refractivity contribution < 1.29 is 18.6 Å². The summed E-state index contributed by atoms with van der Waals surface area (Å²) in [4.78, 5) is 0. The van der Waals surface area contributed by atoms with Gasteiger partial charge in [0.1, 0.15) is 11.5 Å². The number of rotatable bonds is 7. The average Bonchev–Trinajstić information content (AvgIpc) is 2.99. The Labute approximate surface area is 228 Å². The van der Waals surface area contributed by atoms with E-state index in [1.165, 1.54) is 5.56 Å². The quantitative estimate of drug-likeness (QED) is 0.206. The molecule has 0 fully saturated rings. The summed E-state index contributed by atoms with van der Waals surface area (Å²) in [6, 6.07) is 42.3. The smallest absolute Gasteiger partial charge is 0.253 e. The van der Waals surface area contributed by atoms with Crippen LogP contribution in [-0.2, 0) is 0 Å². The third kappa shape index (κ3) is 5.41. The maximum absolute atomic E-state index is 6.19. The van der Waals surface area contributed by atoms with Crippen LogP contribution in [0.25, 0.3) is 22.5 Å². The molecule has 6 rings (SSSR count). The van der Waals surface area contributed by atoms with Crippen LogP contribution in [0.4, 0.5) is 0 Å². The number of aromatic nitrogens is 2. The standard InChI is InChI=1S/C35H28N2O2/c1-27-26-37(33-17-9-11-19-35(33)39-30-14-6-3-7-15-30)25-22-31(27)28-20-23-36(24-21-28)32-16-8-10-18-34(32)38-29-12-4-2-5-13-29/h2-26H,1H3/q+2. The average molecular weight is 509 g/mol. The van der Waals surface area contributed by atoms with Gasteiger partial charge < -0.3 is 9.47 Å². The number of nitrogens with zero attached hydrogens (tertiary/aromatic N) is 2. The number of aryl methyl sites for hydroxylation is 1. The second-order valence-electron chi connectivity index (χ2n) is 9.21. The van der Waals surface area contributed by atoms with Crippen LogP contribution in [0.15, 0.2) is 152 Å². The van der Waals surface area contributed by atoms with Gasteiger partial charge in [-0.05, 0) is 54.4 Å². The minimum atomic E-state index is 0.801. The Hall–Kier alpha value is -5.22. The van der Waals surface area contributed by atoms with Crippen LogP contribution in [-0.4, -0.2) is 0 Å². The number of benzene rings is 4. The molecule has 39 heavy (non-hydrogen) atoms. The van der Waals surface area contributed by atoms with Gasteiger partial charge in [0.2, 0.25) is 0 Å². The van der Waals surface area contributed by atoms with E-state index in [-0.39, 0.29) is 0 Å².